The molecule has 2 aromatic carbocycles. The predicted octanol–water partition coefficient (Wildman–Crippen LogP) is 2.81. The first-order valence-electron chi connectivity index (χ1n) is 8.48. The molecule has 0 amide bonds. The summed E-state index contributed by atoms with van der Waals surface area (Å²) < 4.78 is 5.57. The van der Waals surface area contributed by atoms with Crippen LogP contribution in [-0.2, 0) is 0 Å². The molecule has 0 spiro atoms. The quantitative estimate of drug-likeness (QED) is 0.342. The van der Waals surface area contributed by atoms with E-state index in [0.717, 1.165) is 11.6 Å². The van der Waals surface area contributed by atoms with Gasteiger partial charge in [0, 0.05) is 23.8 Å². The molecule has 5 aromatic rings. The highest BCUT2D eigenvalue weighted by Gasteiger charge is 2.11. The van der Waals surface area contributed by atoms with Gasteiger partial charge in [0.2, 0.25) is 0 Å². The zero-order valence-electron chi connectivity index (χ0n) is 14.9. The van der Waals surface area contributed by atoms with Crippen LogP contribution in [-0.4, -0.2) is 30.1 Å². The molecule has 0 fully saturated rings. The van der Waals surface area contributed by atoms with Gasteiger partial charge in [0.1, 0.15) is 40.1 Å². The van der Waals surface area contributed by atoms with E-state index >= 15 is 0 Å². The van der Waals surface area contributed by atoms with E-state index in [1.165, 1.54) is 24.8 Å². The number of nitrogens with zero attached hydrogens (tertiary/aromatic N) is 3. The fourth-order valence-corrected chi connectivity index (χ4v) is 2.78. The highest BCUT2D eigenvalue weighted by molar-refractivity contribution is 5.86. The third-order valence-corrected chi connectivity index (χ3v) is 4.11. The number of rotatable bonds is 1. The Morgan fingerprint density at radius 3 is 2.55 bits per heavy atom. The van der Waals surface area contributed by atoms with Crippen molar-refractivity contribution in [2.75, 3.05) is 5.73 Å². The second kappa shape index (κ2) is 7.31. The van der Waals surface area contributed by atoms with Crippen molar-refractivity contribution in [1.29, 1.82) is 0 Å². The Balaban J connectivity index is 0.000000171. The summed E-state index contributed by atoms with van der Waals surface area (Å²) in [5.41, 5.74) is 7.34. The third kappa shape index (κ3) is 3.56. The monoisotopic (exact) mass is 389 g/mol. The van der Waals surface area contributed by atoms with Crippen molar-refractivity contribution >= 4 is 28.0 Å². The van der Waals surface area contributed by atoms with Gasteiger partial charge in [0.25, 0.3) is 0 Å². The van der Waals surface area contributed by atoms with Gasteiger partial charge in [0.05, 0.1) is 6.33 Å². The maximum atomic E-state index is 12.0. The molecule has 3 aromatic heterocycles. The minimum absolute atomic E-state index is 0.0671. The van der Waals surface area contributed by atoms with Crippen LogP contribution in [0.25, 0.3) is 33.5 Å². The SMILES string of the molecule is Nc1ncnc2nc[nH]c12.O=c1cc(-c2ccccc2)oc2cc(O)cc(O)c12. The normalized spacial score (nSPS) is 10.6. The first-order chi connectivity index (χ1) is 14.0. The van der Waals surface area contributed by atoms with Crippen LogP contribution < -0.4 is 11.2 Å². The summed E-state index contributed by atoms with van der Waals surface area (Å²) >= 11 is 0. The minimum atomic E-state index is -0.349. The number of aromatic nitrogens is 4. The summed E-state index contributed by atoms with van der Waals surface area (Å²) in [4.78, 5) is 26.4. The highest BCUT2D eigenvalue weighted by Crippen LogP contribution is 2.30. The van der Waals surface area contributed by atoms with Crippen molar-refractivity contribution in [3.63, 3.8) is 0 Å². The van der Waals surface area contributed by atoms with Gasteiger partial charge in [-0.05, 0) is 0 Å². The molecule has 9 heteroatoms. The molecule has 5 rings (SSSR count). The highest BCUT2D eigenvalue weighted by atomic mass is 16.3. The largest absolute Gasteiger partial charge is 0.508 e. The van der Waals surface area contributed by atoms with Crippen LogP contribution in [0.15, 0.2) is 70.4 Å². The molecule has 144 valence electrons. The number of hydrogen-bond donors (Lipinski definition) is 4. The van der Waals surface area contributed by atoms with E-state index in [1.807, 2.05) is 30.3 Å². The fraction of sp³-hybridized carbons (Fsp3) is 0. The minimum Gasteiger partial charge on any atom is -0.508 e. The summed E-state index contributed by atoms with van der Waals surface area (Å²) in [6.45, 7) is 0. The smallest absolute Gasteiger partial charge is 0.197 e. The molecule has 5 N–H and O–H groups in total. The van der Waals surface area contributed by atoms with Crippen LogP contribution in [0.2, 0.25) is 0 Å². The van der Waals surface area contributed by atoms with E-state index in [1.54, 1.807) is 0 Å². The van der Waals surface area contributed by atoms with E-state index in [4.69, 9.17) is 10.2 Å². The van der Waals surface area contributed by atoms with Gasteiger partial charge in [-0.3, -0.25) is 4.79 Å². The number of aromatic amines is 1. The summed E-state index contributed by atoms with van der Waals surface area (Å²) in [6, 6.07) is 12.9. The Morgan fingerprint density at radius 2 is 1.79 bits per heavy atom. The number of aromatic hydroxyl groups is 2. The lowest BCUT2D eigenvalue weighted by Crippen LogP contribution is -2.00. The maximum absolute atomic E-state index is 12.0. The molecule has 0 atom stereocenters. The molecule has 0 unspecified atom stereocenters. The Bertz CT molecular complexity index is 1360. The van der Waals surface area contributed by atoms with Crippen molar-refractivity contribution in [3.8, 4) is 22.8 Å². The van der Waals surface area contributed by atoms with Crippen LogP contribution in [0.5, 0.6) is 11.5 Å². The van der Waals surface area contributed by atoms with Crippen LogP contribution >= 0.6 is 0 Å². The summed E-state index contributed by atoms with van der Waals surface area (Å²) in [7, 11) is 0. The van der Waals surface area contributed by atoms with E-state index < -0.39 is 0 Å². The summed E-state index contributed by atoms with van der Waals surface area (Å²) in [5.74, 6) is 0.382. The van der Waals surface area contributed by atoms with Crippen LogP contribution in [0.4, 0.5) is 5.82 Å². The molecular weight excluding hydrogens is 374 g/mol. The number of phenolic OH excluding ortho intramolecular Hbond substituents is 2. The predicted molar refractivity (Wildman–Crippen MR) is 107 cm³/mol. The average Bonchev–Trinajstić information content (AvgIpc) is 3.18. The lowest BCUT2D eigenvalue weighted by molar-refractivity contribution is 0.452. The van der Waals surface area contributed by atoms with E-state index in [2.05, 4.69) is 19.9 Å². The lowest BCUT2D eigenvalue weighted by atomic mass is 10.1. The van der Waals surface area contributed by atoms with E-state index in [-0.39, 0.29) is 27.9 Å². The van der Waals surface area contributed by atoms with Gasteiger partial charge >= 0.3 is 0 Å². The second-order valence-electron chi connectivity index (χ2n) is 6.04. The number of anilines is 1. The summed E-state index contributed by atoms with van der Waals surface area (Å²) in [5, 5.41) is 19.2. The zero-order chi connectivity index (χ0) is 20.4. The van der Waals surface area contributed by atoms with Crippen LogP contribution in [0.3, 0.4) is 0 Å². The molecule has 0 bridgehead atoms. The van der Waals surface area contributed by atoms with Crippen LogP contribution in [0, 0.1) is 0 Å². The van der Waals surface area contributed by atoms with Gasteiger partial charge in [-0.25, -0.2) is 15.0 Å². The molecular formula is C20H15N5O4. The number of nitrogen functional groups attached to an aromatic ring is 1. The van der Waals surface area contributed by atoms with Gasteiger partial charge in [-0.2, -0.15) is 0 Å². The first kappa shape index (κ1) is 18.0. The Hall–Kier alpha value is -4.40. The first-order valence-corrected chi connectivity index (χ1v) is 8.48. The maximum Gasteiger partial charge on any atom is 0.197 e. The summed E-state index contributed by atoms with van der Waals surface area (Å²) in [6.07, 6.45) is 2.92. The van der Waals surface area contributed by atoms with Crippen molar-refractivity contribution < 1.29 is 14.6 Å². The molecule has 3 heterocycles. The van der Waals surface area contributed by atoms with Crippen LogP contribution in [0.1, 0.15) is 0 Å². The number of nitrogens with one attached hydrogen (secondary N) is 1. The Morgan fingerprint density at radius 1 is 1.00 bits per heavy atom. The van der Waals surface area contributed by atoms with Crippen molar-refractivity contribution in [1.82, 2.24) is 19.9 Å². The zero-order valence-corrected chi connectivity index (χ0v) is 14.9. The molecule has 0 aliphatic heterocycles. The molecule has 9 nitrogen and oxygen atoms in total. The van der Waals surface area contributed by atoms with Crippen molar-refractivity contribution in [2.45, 2.75) is 0 Å². The number of benzene rings is 2. The van der Waals surface area contributed by atoms with Gasteiger partial charge in [-0.15, -0.1) is 0 Å². The van der Waals surface area contributed by atoms with Gasteiger partial charge in [-0.1, -0.05) is 30.3 Å². The second-order valence-corrected chi connectivity index (χ2v) is 6.04. The molecule has 0 aliphatic carbocycles. The molecule has 0 saturated carbocycles. The number of hydrogen-bond acceptors (Lipinski definition) is 8. The fourth-order valence-electron chi connectivity index (χ4n) is 2.78. The number of nitrogens with two attached hydrogens (primary N) is 1. The van der Waals surface area contributed by atoms with Crippen molar-refractivity contribution in [3.05, 3.63) is 71.4 Å². The molecule has 0 saturated heterocycles. The Labute approximate surface area is 163 Å². The van der Waals surface area contributed by atoms with Gasteiger partial charge in [0.15, 0.2) is 16.9 Å². The molecule has 0 aliphatic rings. The third-order valence-electron chi connectivity index (χ3n) is 4.11. The molecule has 0 radical (unpaired) electrons. The standard InChI is InChI=1S/C15H10O4.C5H5N5/c16-10-6-11(17)15-12(18)8-13(19-14(15)7-10)9-4-2-1-3-5-9;6-4-3-5(9-1-7-3)10-2-8-4/h1-8,16-17H;1-2H,(H3,6,7,8,9,10). The number of phenols is 2. The van der Waals surface area contributed by atoms with Gasteiger partial charge < -0.3 is 25.3 Å². The topological polar surface area (TPSA) is 151 Å². The molecule has 29 heavy (non-hydrogen) atoms. The lowest BCUT2D eigenvalue weighted by Gasteiger charge is -2.04. The number of imidazole rings is 1. The van der Waals surface area contributed by atoms with E-state index in [9.17, 15) is 15.0 Å². The number of fused-ring (bicyclic) bond motifs is 2. The average molecular weight is 389 g/mol. The number of H-pyrrole nitrogens is 1. The Kier molecular flexibility index (Phi) is 4.54. The van der Waals surface area contributed by atoms with E-state index in [0.29, 0.717) is 22.7 Å². The van der Waals surface area contributed by atoms with Crippen molar-refractivity contribution in [2.24, 2.45) is 0 Å².